The standard InChI is InChI=1S/C45H50N10O2S4/c1-4-38(57-51-33-13-8-17-37(26-33)55-44(60)49-50-45(55)61)27-53(3)35-15-6-11-29(24-35)41-31-20-19-30(22-31)40(41)28-10-5-14-34(23-28)52(2)21-9-18-39(56)46-32-12-7-16-36(25-32)54-42(58)47-48-43(54)59/h5-8,10-17,19-20,23-26,30-31,38,40-41,51H,4,9,18,21-22,27H2,1-3H3,(H,46,56)(H,47,58)(H,48,59)(H,49,60)(H,50,61). The van der Waals surface area contributed by atoms with Crippen LogP contribution in [0.25, 0.3) is 11.4 Å². The second kappa shape index (κ2) is 18.7. The Hall–Kier alpha value is -5.39. The number of amides is 1. The number of hydrogen-bond acceptors (Lipinski definition) is 9. The number of likely N-dealkylation sites (N-methyl/N-ethyl adjacent to an activating group) is 1. The molecule has 1 fully saturated rings. The molecule has 16 heteroatoms. The highest BCUT2D eigenvalue weighted by Gasteiger charge is 2.46. The van der Waals surface area contributed by atoms with Gasteiger partial charge in [0.2, 0.25) is 5.91 Å². The summed E-state index contributed by atoms with van der Waals surface area (Å²) in [6.07, 6.45) is 7.92. The molecule has 0 saturated heterocycles. The van der Waals surface area contributed by atoms with Gasteiger partial charge in [-0.1, -0.05) is 55.5 Å². The van der Waals surface area contributed by atoms with E-state index >= 15 is 0 Å². The fraction of sp³-hybridized carbons (Fsp3) is 0.311. The lowest BCUT2D eigenvalue weighted by Gasteiger charge is -2.31. The Morgan fingerprint density at radius 1 is 0.721 bits per heavy atom. The molecule has 316 valence electrons. The van der Waals surface area contributed by atoms with Crippen molar-refractivity contribution in [3.63, 3.8) is 0 Å². The first-order valence-corrected chi connectivity index (χ1v) is 22.2. The number of hydrogen-bond donors (Lipinski definition) is 6. The quantitative estimate of drug-likeness (QED) is 0.0301. The van der Waals surface area contributed by atoms with E-state index in [1.807, 2.05) is 48.5 Å². The summed E-state index contributed by atoms with van der Waals surface area (Å²) in [5.74, 6) is 1.71. The molecule has 2 bridgehead atoms. The van der Waals surface area contributed by atoms with Crippen molar-refractivity contribution >= 4 is 77.5 Å². The van der Waals surface area contributed by atoms with Crippen LogP contribution in [0.15, 0.2) is 109 Å². The van der Waals surface area contributed by atoms with Gasteiger partial charge in [0.25, 0.3) is 0 Å². The molecule has 6 aromatic rings. The largest absolute Gasteiger partial charge is 0.375 e. The van der Waals surface area contributed by atoms with Crippen molar-refractivity contribution in [3.05, 3.63) is 139 Å². The molecule has 6 N–H and O–H groups in total. The van der Waals surface area contributed by atoms with Crippen molar-refractivity contribution < 1.29 is 9.63 Å². The van der Waals surface area contributed by atoms with E-state index in [-0.39, 0.29) is 12.0 Å². The summed E-state index contributed by atoms with van der Waals surface area (Å²) in [5, 5.41) is 14.5. The molecule has 61 heavy (non-hydrogen) atoms. The van der Waals surface area contributed by atoms with E-state index in [0.717, 1.165) is 35.7 Å². The van der Waals surface area contributed by atoms with E-state index in [9.17, 15) is 4.79 Å². The Morgan fingerprint density at radius 3 is 1.79 bits per heavy atom. The van der Waals surface area contributed by atoms with Gasteiger partial charge in [-0.25, -0.2) is 0 Å². The Bertz CT molecular complexity index is 2730. The minimum atomic E-state index is -0.0609. The number of carbonyl (C=O) groups is 1. The van der Waals surface area contributed by atoms with Gasteiger partial charge in [0.05, 0.1) is 17.1 Å². The predicted molar refractivity (Wildman–Crippen MR) is 255 cm³/mol. The number of fused-ring (bicyclic) bond motifs is 2. The minimum absolute atomic E-state index is 0.0346. The fourth-order valence-corrected chi connectivity index (χ4v) is 9.94. The zero-order valence-corrected chi connectivity index (χ0v) is 37.5. The molecule has 8 rings (SSSR count). The van der Waals surface area contributed by atoms with Crippen molar-refractivity contribution in [3.8, 4) is 11.4 Å². The van der Waals surface area contributed by atoms with Gasteiger partial charge < -0.3 is 15.1 Å². The van der Waals surface area contributed by atoms with Crippen LogP contribution in [-0.4, -0.2) is 68.7 Å². The number of H-pyrrole nitrogens is 4. The van der Waals surface area contributed by atoms with Gasteiger partial charge in [0, 0.05) is 50.7 Å². The fourth-order valence-electron chi connectivity index (χ4n) is 8.83. The van der Waals surface area contributed by atoms with Crippen LogP contribution >= 0.6 is 48.9 Å². The first-order valence-electron chi connectivity index (χ1n) is 20.6. The van der Waals surface area contributed by atoms with Gasteiger partial charge in [0.15, 0.2) is 19.1 Å². The maximum absolute atomic E-state index is 13.0. The predicted octanol–water partition coefficient (Wildman–Crippen LogP) is 10.7. The van der Waals surface area contributed by atoms with Gasteiger partial charge in [-0.2, -0.15) is 0 Å². The van der Waals surface area contributed by atoms with E-state index in [1.165, 1.54) is 23.2 Å². The molecular formula is C45H50N10O2S4. The molecule has 2 heterocycles. The van der Waals surface area contributed by atoms with Crippen LogP contribution in [0.5, 0.6) is 0 Å². The number of anilines is 4. The Morgan fingerprint density at radius 2 is 1.23 bits per heavy atom. The number of nitrogens with zero attached hydrogens (tertiary/aromatic N) is 4. The lowest BCUT2D eigenvalue weighted by Crippen LogP contribution is -2.32. The van der Waals surface area contributed by atoms with Crippen molar-refractivity contribution in [1.82, 2.24) is 29.5 Å². The summed E-state index contributed by atoms with van der Waals surface area (Å²) < 4.78 is 5.43. The van der Waals surface area contributed by atoms with Gasteiger partial charge >= 0.3 is 0 Å². The van der Waals surface area contributed by atoms with Gasteiger partial charge in [-0.05, 0) is 164 Å². The first-order chi connectivity index (χ1) is 29.6. The van der Waals surface area contributed by atoms with Gasteiger partial charge in [-0.3, -0.25) is 44.6 Å². The lowest BCUT2D eigenvalue weighted by atomic mass is 9.75. The second-order valence-corrected chi connectivity index (χ2v) is 17.4. The monoisotopic (exact) mass is 890 g/mol. The number of benzene rings is 4. The molecule has 1 amide bonds. The van der Waals surface area contributed by atoms with E-state index in [4.69, 9.17) is 53.7 Å². The Balaban J connectivity index is 0.885. The molecule has 0 radical (unpaired) electrons. The number of aromatic amines is 4. The number of allylic oxidation sites excluding steroid dienone is 2. The third-order valence-corrected chi connectivity index (χ3v) is 13.0. The summed E-state index contributed by atoms with van der Waals surface area (Å²) in [5.41, 5.74) is 11.4. The van der Waals surface area contributed by atoms with Crippen molar-refractivity contribution in [2.45, 2.75) is 50.5 Å². The van der Waals surface area contributed by atoms with Crippen LogP contribution in [0.2, 0.25) is 0 Å². The molecular weight excluding hydrogens is 841 g/mol. The maximum Gasteiger partial charge on any atom is 0.224 e. The van der Waals surface area contributed by atoms with Crippen LogP contribution in [0.4, 0.5) is 22.7 Å². The highest BCUT2D eigenvalue weighted by Crippen LogP contribution is 2.58. The number of aromatic nitrogens is 6. The lowest BCUT2D eigenvalue weighted by molar-refractivity contribution is -0.116. The molecule has 2 aliphatic rings. The van der Waals surface area contributed by atoms with E-state index < -0.39 is 0 Å². The molecule has 2 aromatic heterocycles. The van der Waals surface area contributed by atoms with Crippen LogP contribution in [0, 0.1) is 30.9 Å². The molecule has 0 aliphatic heterocycles. The summed E-state index contributed by atoms with van der Waals surface area (Å²) in [6, 6.07) is 33.4. The summed E-state index contributed by atoms with van der Waals surface area (Å²) in [7, 11) is 4.24. The first kappa shape index (κ1) is 42.3. The molecule has 5 unspecified atom stereocenters. The average Bonchev–Trinajstić information content (AvgIpc) is 4.06. The third-order valence-electron chi connectivity index (χ3n) is 11.9. The molecule has 1 saturated carbocycles. The number of carbonyl (C=O) groups excluding carboxylic acids is 1. The SMILES string of the molecule is CCC(CN(C)c1cccc(C2C3C=CC(C3)C2c2cccc(N(C)CCCC(=O)Nc3cccc(-n4c(=S)[nH][nH]c4=S)c3)c2)c1)ONc1cccc(-n2c(=S)[nH][nH]c2=S)c1. The van der Waals surface area contributed by atoms with E-state index in [1.54, 1.807) is 9.13 Å². The van der Waals surface area contributed by atoms with Gasteiger partial charge in [0.1, 0.15) is 6.10 Å². The topological polar surface area (TPSA) is 130 Å². The molecule has 2 aliphatic carbocycles. The summed E-state index contributed by atoms with van der Waals surface area (Å²) in [4.78, 5) is 23.8. The number of rotatable bonds is 17. The van der Waals surface area contributed by atoms with Crippen LogP contribution in [0.3, 0.4) is 0 Å². The Labute approximate surface area is 375 Å². The smallest absolute Gasteiger partial charge is 0.224 e. The highest BCUT2D eigenvalue weighted by atomic mass is 32.1. The zero-order chi connectivity index (χ0) is 42.6. The minimum Gasteiger partial charge on any atom is -0.375 e. The average molecular weight is 891 g/mol. The third kappa shape index (κ3) is 9.43. The maximum atomic E-state index is 13.0. The second-order valence-electron chi connectivity index (χ2n) is 15.9. The molecule has 4 aromatic carbocycles. The summed E-state index contributed by atoms with van der Waals surface area (Å²) in [6.45, 7) is 3.60. The van der Waals surface area contributed by atoms with Crippen LogP contribution < -0.4 is 20.6 Å². The van der Waals surface area contributed by atoms with E-state index in [0.29, 0.717) is 67.8 Å². The molecule has 0 spiro atoms. The molecule has 12 nitrogen and oxygen atoms in total. The zero-order valence-electron chi connectivity index (χ0n) is 34.3. The number of nitrogens with one attached hydrogen (secondary N) is 6. The highest BCUT2D eigenvalue weighted by molar-refractivity contribution is 7.72. The molecule has 5 atom stereocenters. The van der Waals surface area contributed by atoms with Gasteiger partial charge in [-0.15, -0.1) is 0 Å². The van der Waals surface area contributed by atoms with Crippen molar-refractivity contribution in [2.75, 3.05) is 47.8 Å². The normalized spacial score (nSPS) is 18.3. The summed E-state index contributed by atoms with van der Waals surface area (Å²) >= 11 is 21.5. The van der Waals surface area contributed by atoms with Crippen LogP contribution in [0.1, 0.15) is 55.6 Å². The van der Waals surface area contributed by atoms with Crippen molar-refractivity contribution in [1.29, 1.82) is 0 Å². The van der Waals surface area contributed by atoms with E-state index in [2.05, 4.69) is 123 Å². The Kier molecular flexibility index (Phi) is 13.0. The van der Waals surface area contributed by atoms with Crippen molar-refractivity contribution in [2.24, 2.45) is 11.8 Å². The van der Waals surface area contributed by atoms with Crippen LogP contribution in [-0.2, 0) is 9.63 Å².